The predicted molar refractivity (Wildman–Crippen MR) is 89.6 cm³/mol. The van der Waals surface area contributed by atoms with Crippen molar-refractivity contribution in [2.75, 3.05) is 6.54 Å². The minimum atomic E-state index is -0.630. The van der Waals surface area contributed by atoms with E-state index in [0.717, 1.165) is 43.7 Å². The Hall–Kier alpha value is -1.72. The molecule has 1 saturated carbocycles. The number of hydrogen-bond acceptors (Lipinski definition) is 4. The first kappa shape index (κ1) is 14.8. The molecule has 1 N–H and O–H groups in total. The van der Waals surface area contributed by atoms with E-state index in [0.29, 0.717) is 5.69 Å². The third-order valence-corrected chi connectivity index (χ3v) is 5.71. The standard InChI is InChI=1S/C18H20N2O2S/c21-17(20-10-4-7-15(20)18(22)8-9-18)14-12-23-16(19-14)11-13-5-2-1-3-6-13/h1-3,5-6,12,15,22H,4,7-11H2. The molecule has 4 nitrogen and oxygen atoms in total. The predicted octanol–water partition coefficient (Wildman–Crippen LogP) is 2.86. The summed E-state index contributed by atoms with van der Waals surface area (Å²) in [6.45, 7) is 0.733. The topological polar surface area (TPSA) is 53.4 Å². The van der Waals surface area contributed by atoms with Crippen LogP contribution in [0.1, 0.15) is 46.7 Å². The summed E-state index contributed by atoms with van der Waals surface area (Å²) in [4.78, 5) is 19.1. The number of hydrogen-bond donors (Lipinski definition) is 1. The van der Waals surface area contributed by atoms with Gasteiger partial charge in [0.2, 0.25) is 0 Å². The van der Waals surface area contributed by atoms with E-state index in [-0.39, 0.29) is 11.9 Å². The van der Waals surface area contributed by atoms with Crippen molar-refractivity contribution in [1.82, 2.24) is 9.88 Å². The van der Waals surface area contributed by atoms with Crippen molar-refractivity contribution in [1.29, 1.82) is 0 Å². The Balaban J connectivity index is 1.49. The molecule has 2 heterocycles. The van der Waals surface area contributed by atoms with Gasteiger partial charge >= 0.3 is 0 Å². The molecule has 2 aromatic rings. The fourth-order valence-corrected chi connectivity index (χ4v) is 4.24. The summed E-state index contributed by atoms with van der Waals surface area (Å²) in [6, 6.07) is 10.1. The van der Waals surface area contributed by atoms with Gasteiger partial charge in [0, 0.05) is 18.3 Å². The van der Waals surface area contributed by atoms with E-state index in [2.05, 4.69) is 17.1 Å². The Labute approximate surface area is 139 Å². The van der Waals surface area contributed by atoms with E-state index in [1.807, 2.05) is 28.5 Å². The van der Waals surface area contributed by atoms with Crippen molar-refractivity contribution in [3.8, 4) is 0 Å². The zero-order valence-corrected chi connectivity index (χ0v) is 13.8. The Morgan fingerprint density at radius 1 is 1.35 bits per heavy atom. The molecular weight excluding hydrogens is 308 g/mol. The van der Waals surface area contributed by atoms with Crippen LogP contribution in [-0.2, 0) is 6.42 Å². The van der Waals surface area contributed by atoms with Crippen LogP contribution < -0.4 is 0 Å². The third kappa shape index (κ3) is 2.91. The molecule has 4 rings (SSSR count). The van der Waals surface area contributed by atoms with Gasteiger partial charge < -0.3 is 10.0 Å². The molecule has 2 fully saturated rings. The number of rotatable bonds is 4. The second-order valence-corrected chi connectivity index (χ2v) is 7.49. The second kappa shape index (κ2) is 5.73. The number of thiazole rings is 1. The quantitative estimate of drug-likeness (QED) is 0.939. The van der Waals surface area contributed by atoms with E-state index < -0.39 is 5.60 Å². The van der Waals surface area contributed by atoms with Crippen molar-refractivity contribution < 1.29 is 9.90 Å². The van der Waals surface area contributed by atoms with Crippen LogP contribution in [0.3, 0.4) is 0 Å². The van der Waals surface area contributed by atoms with Gasteiger partial charge in [0.15, 0.2) is 0 Å². The highest BCUT2D eigenvalue weighted by molar-refractivity contribution is 7.09. The summed E-state index contributed by atoms with van der Waals surface area (Å²) in [6.07, 6.45) is 4.27. The maximum atomic E-state index is 12.8. The normalized spacial score (nSPS) is 22.3. The summed E-state index contributed by atoms with van der Waals surface area (Å²) in [5.41, 5.74) is 1.10. The van der Waals surface area contributed by atoms with E-state index in [9.17, 15) is 9.90 Å². The zero-order chi connectivity index (χ0) is 15.9. The lowest BCUT2D eigenvalue weighted by atomic mass is 10.1. The van der Waals surface area contributed by atoms with Crippen molar-refractivity contribution in [3.63, 3.8) is 0 Å². The molecule has 0 radical (unpaired) electrons. The average molecular weight is 328 g/mol. The molecule has 1 amide bonds. The van der Waals surface area contributed by atoms with Gasteiger partial charge in [-0.3, -0.25) is 4.79 Å². The maximum Gasteiger partial charge on any atom is 0.273 e. The molecule has 1 atom stereocenters. The summed E-state index contributed by atoms with van der Waals surface area (Å²) in [5.74, 6) is -0.0246. The molecule has 1 aliphatic carbocycles. The molecule has 23 heavy (non-hydrogen) atoms. The highest BCUT2D eigenvalue weighted by Gasteiger charge is 2.52. The molecule has 2 aliphatic rings. The molecule has 120 valence electrons. The van der Waals surface area contributed by atoms with E-state index in [1.54, 1.807) is 0 Å². The van der Waals surface area contributed by atoms with E-state index in [4.69, 9.17) is 0 Å². The van der Waals surface area contributed by atoms with Crippen LogP contribution in [0.2, 0.25) is 0 Å². The maximum absolute atomic E-state index is 12.8. The van der Waals surface area contributed by atoms with E-state index >= 15 is 0 Å². The zero-order valence-electron chi connectivity index (χ0n) is 12.9. The van der Waals surface area contributed by atoms with Crippen molar-refractivity contribution in [2.24, 2.45) is 0 Å². The summed E-state index contributed by atoms with van der Waals surface area (Å²) in [5, 5.41) is 13.2. The van der Waals surface area contributed by atoms with Crippen LogP contribution in [-0.4, -0.2) is 39.1 Å². The number of carbonyl (C=O) groups is 1. The lowest BCUT2D eigenvalue weighted by Gasteiger charge is -2.28. The minimum absolute atomic E-state index is 0.0192. The smallest absolute Gasteiger partial charge is 0.273 e. The van der Waals surface area contributed by atoms with Gasteiger partial charge in [-0.1, -0.05) is 30.3 Å². The summed E-state index contributed by atoms with van der Waals surface area (Å²) in [7, 11) is 0. The highest BCUT2D eigenvalue weighted by atomic mass is 32.1. The molecule has 1 aromatic heterocycles. The Morgan fingerprint density at radius 2 is 2.13 bits per heavy atom. The number of benzene rings is 1. The number of amides is 1. The first-order valence-corrected chi connectivity index (χ1v) is 9.05. The van der Waals surface area contributed by atoms with Crippen LogP contribution in [0.5, 0.6) is 0 Å². The summed E-state index contributed by atoms with van der Waals surface area (Å²) >= 11 is 1.53. The number of nitrogens with zero attached hydrogens (tertiary/aromatic N) is 2. The van der Waals surface area contributed by atoms with Gasteiger partial charge in [0.25, 0.3) is 5.91 Å². The third-order valence-electron chi connectivity index (χ3n) is 4.87. The Kier molecular flexibility index (Phi) is 3.70. The molecule has 0 spiro atoms. The molecular formula is C18H20N2O2S. The Bertz CT molecular complexity index is 709. The van der Waals surface area contributed by atoms with Crippen LogP contribution in [0.4, 0.5) is 0 Å². The van der Waals surface area contributed by atoms with Crippen molar-refractivity contribution in [2.45, 2.75) is 43.7 Å². The van der Waals surface area contributed by atoms with Crippen LogP contribution >= 0.6 is 11.3 Å². The van der Waals surface area contributed by atoms with Crippen LogP contribution in [0.15, 0.2) is 35.7 Å². The number of aromatic nitrogens is 1. The molecule has 1 aromatic carbocycles. The van der Waals surface area contributed by atoms with Gasteiger partial charge in [0.05, 0.1) is 16.7 Å². The molecule has 1 aliphatic heterocycles. The first-order chi connectivity index (χ1) is 11.2. The van der Waals surface area contributed by atoms with Crippen molar-refractivity contribution in [3.05, 3.63) is 52.0 Å². The molecule has 0 bridgehead atoms. The fourth-order valence-electron chi connectivity index (χ4n) is 3.44. The number of likely N-dealkylation sites (tertiary alicyclic amines) is 1. The SMILES string of the molecule is O=C(c1csc(Cc2ccccc2)n1)N1CCCC1C1(O)CC1. The van der Waals surface area contributed by atoms with Gasteiger partial charge in [-0.05, 0) is 31.2 Å². The van der Waals surface area contributed by atoms with Gasteiger partial charge in [-0.2, -0.15) is 0 Å². The van der Waals surface area contributed by atoms with Gasteiger partial charge in [-0.25, -0.2) is 4.98 Å². The average Bonchev–Trinajstić information content (AvgIpc) is 2.99. The molecule has 1 saturated heterocycles. The monoisotopic (exact) mass is 328 g/mol. The van der Waals surface area contributed by atoms with Crippen molar-refractivity contribution >= 4 is 17.2 Å². The first-order valence-electron chi connectivity index (χ1n) is 8.17. The van der Waals surface area contributed by atoms with Gasteiger partial charge in [0.1, 0.15) is 5.69 Å². The van der Waals surface area contributed by atoms with Crippen LogP contribution in [0, 0.1) is 0 Å². The number of aliphatic hydroxyl groups is 1. The fraction of sp³-hybridized carbons (Fsp3) is 0.444. The minimum Gasteiger partial charge on any atom is -0.388 e. The highest BCUT2D eigenvalue weighted by Crippen LogP contribution is 2.44. The van der Waals surface area contributed by atoms with Gasteiger partial charge in [-0.15, -0.1) is 11.3 Å². The van der Waals surface area contributed by atoms with Crippen LogP contribution in [0.25, 0.3) is 0 Å². The molecule has 1 unspecified atom stereocenters. The van der Waals surface area contributed by atoms with E-state index in [1.165, 1.54) is 16.9 Å². The molecule has 5 heteroatoms. The summed E-state index contributed by atoms with van der Waals surface area (Å²) < 4.78 is 0. The lowest BCUT2D eigenvalue weighted by Crippen LogP contribution is -2.44. The largest absolute Gasteiger partial charge is 0.388 e. The number of carbonyl (C=O) groups excluding carboxylic acids is 1. The lowest BCUT2D eigenvalue weighted by molar-refractivity contribution is 0.0383. The second-order valence-electron chi connectivity index (χ2n) is 6.55. The Morgan fingerprint density at radius 3 is 2.87 bits per heavy atom.